The molecule has 6 nitrogen and oxygen atoms in total. The van der Waals surface area contributed by atoms with E-state index in [1.807, 2.05) is 13.0 Å². The van der Waals surface area contributed by atoms with Gasteiger partial charge in [0.05, 0.1) is 12.2 Å². The predicted octanol–water partition coefficient (Wildman–Crippen LogP) is -0.161. The lowest BCUT2D eigenvalue weighted by Crippen LogP contribution is -2.31. The number of amides is 1. The summed E-state index contributed by atoms with van der Waals surface area (Å²) < 4.78 is 1.51. The maximum absolute atomic E-state index is 11.9. The van der Waals surface area contributed by atoms with Crippen molar-refractivity contribution < 1.29 is 4.79 Å². The van der Waals surface area contributed by atoms with Gasteiger partial charge >= 0.3 is 0 Å². The second-order valence-corrected chi connectivity index (χ2v) is 4.30. The van der Waals surface area contributed by atoms with Gasteiger partial charge in [0, 0.05) is 25.9 Å². The van der Waals surface area contributed by atoms with E-state index in [0.717, 1.165) is 5.56 Å². The van der Waals surface area contributed by atoms with Gasteiger partial charge in [-0.15, -0.1) is 0 Å². The van der Waals surface area contributed by atoms with Gasteiger partial charge in [-0.2, -0.15) is 0 Å². The Balaban J connectivity index is 2.19. The molecule has 0 aliphatic rings. The Morgan fingerprint density at radius 1 is 1.42 bits per heavy atom. The maximum atomic E-state index is 11.9. The zero-order valence-electron chi connectivity index (χ0n) is 10.9. The van der Waals surface area contributed by atoms with Gasteiger partial charge in [-0.25, -0.2) is 4.98 Å². The molecule has 0 radical (unpaired) electrons. The van der Waals surface area contributed by atoms with Crippen LogP contribution in [0.5, 0.6) is 0 Å². The first kappa shape index (κ1) is 13.2. The summed E-state index contributed by atoms with van der Waals surface area (Å²) in [6, 6.07) is 5.19. The summed E-state index contributed by atoms with van der Waals surface area (Å²) in [6.07, 6.45) is 1.76. The van der Waals surface area contributed by atoms with Gasteiger partial charge in [-0.3, -0.25) is 14.0 Å². The van der Waals surface area contributed by atoms with E-state index in [1.165, 1.54) is 10.5 Å². The van der Waals surface area contributed by atoms with E-state index < -0.39 is 0 Å². The highest BCUT2D eigenvalue weighted by molar-refractivity contribution is 5.77. The van der Waals surface area contributed by atoms with Crippen LogP contribution in [-0.2, 0) is 11.3 Å². The van der Waals surface area contributed by atoms with Gasteiger partial charge in [0.1, 0.15) is 5.65 Å². The first-order valence-corrected chi connectivity index (χ1v) is 6.00. The van der Waals surface area contributed by atoms with Crippen LogP contribution in [-0.4, -0.2) is 28.9 Å². The standard InChI is InChI=1S/C13H16N4O2/c1-9-3-4-11-16-10(5-13(19)17(11)8-9)6-15-7-12(18)14-2/h3-5,8,15H,6-7H2,1-2H3,(H,14,18). The Bertz CT molecular complexity index is 663. The highest BCUT2D eigenvalue weighted by Gasteiger charge is 2.03. The molecular formula is C13H16N4O2. The van der Waals surface area contributed by atoms with E-state index in [0.29, 0.717) is 17.9 Å². The number of rotatable bonds is 4. The minimum Gasteiger partial charge on any atom is -0.358 e. The Hall–Kier alpha value is -2.21. The summed E-state index contributed by atoms with van der Waals surface area (Å²) in [5, 5.41) is 5.44. The Labute approximate surface area is 110 Å². The van der Waals surface area contributed by atoms with Gasteiger partial charge in [-0.05, 0) is 18.6 Å². The monoisotopic (exact) mass is 260 g/mol. The number of hydrogen-bond acceptors (Lipinski definition) is 4. The average molecular weight is 260 g/mol. The molecule has 2 N–H and O–H groups in total. The van der Waals surface area contributed by atoms with E-state index in [4.69, 9.17) is 0 Å². The summed E-state index contributed by atoms with van der Waals surface area (Å²) >= 11 is 0. The lowest BCUT2D eigenvalue weighted by molar-refractivity contribution is -0.119. The molecule has 0 saturated carbocycles. The Morgan fingerprint density at radius 3 is 2.95 bits per heavy atom. The quantitative estimate of drug-likeness (QED) is 0.801. The molecule has 0 aliphatic heterocycles. The molecule has 100 valence electrons. The van der Waals surface area contributed by atoms with Gasteiger partial charge < -0.3 is 10.6 Å². The fourth-order valence-corrected chi connectivity index (χ4v) is 1.74. The van der Waals surface area contributed by atoms with Crippen LogP contribution >= 0.6 is 0 Å². The smallest absolute Gasteiger partial charge is 0.258 e. The van der Waals surface area contributed by atoms with Crippen LogP contribution in [0.3, 0.4) is 0 Å². The van der Waals surface area contributed by atoms with Crippen LogP contribution in [0.4, 0.5) is 0 Å². The number of pyridine rings is 1. The summed E-state index contributed by atoms with van der Waals surface area (Å²) in [7, 11) is 1.58. The molecule has 2 aromatic heterocycles. The SMILES string of the molecule is CNC(=O)CNCc1cc(=O)n2cc(C)ccc2n1. The highest BCUT2D eigenvalue weighted by atomic mass is 16.1. The molecule has 0 aromatic carbocycles. The second-order valence-electron chi connectivity index (χ2n) is 4.30. The van der Waals surface area contributed by atoms with E-state index in [1.54, 1.807) is 19.3 Å². The second kappa shape index (κ2) is 5.62. The molecule has 1 amide bonds. The number of fused-ring (bicyclic) bond motifs is 1. The molecule has 6 heteroatoms. The number of hydrogen-bond donors (Lipinski definition) is 2. The molecule has 2 rings (SSSR count). The lowest BCUT2D eigenvalue weighted by atomic mass is 10.3. The van der Waals surface area contributed by atoms with E-state index in [9.17, 15) is 9.59 Å². The fraction of sp³-hybridized carbons (Fsp3) is 0.308. The van der Waals surface area contributed by atoms with Gasteiger partial charge in [0.15, 0.2) is 0 Å². The summed E-state index contributed by atoms with van der Waals surface area (Å²) in [5.74, 6) is -0.104. The fourth-order valence-electron chi connectivity index (χ4n) is 1.74. The van der Waals surface area contributed by atoms with Crippen molar-refractivity contribution in [1.82, 2.24) is 20.0 Å². The van der Waals surface area contributed by atoms with Gasteiger partial charge in [-0.1, -0.05) is 6.07 Å². The van der Waals surface area contributed by atoms with E-state index in [-0.39, 0.29) is 18.0 Å². The number of likely N-dealkylation sites (N-methyl/N-ethyl adjacent to an activating group) is 1. The molecule has 0 atom stereocenters. The van der Waals surface area contributed by atoms with Gasteiger partial charge in [0.2, 0.25) is 5.91 Å². The topological polar surface area (TPSA) is 75.5 Å². The minimum atomic E-state index is -0.120. The lowest BCUT2D eigenvalue weighted by Gasteiger charge is -2.06. The molecular weight excluding hydrogens is 244 g/mol. The summed E-state index contributed by atoms with van der Waals surface area (Å²) in [5.41, 5.74) is 2.11. The highest BCUT2D eigenvalue weighted by Crippen LogP contribution is 2.02. The predicted molar refractivity (Wildman–Crippen MR) is 72.0 cm³/mol. The molecule has 0 bridgehead atoms. The first-order chi connectivity index (χ1) is 9.10. The Kier molecular flexibility index (Phi) is 3.91. The van der Waals surface area contributed by atoms with E-state index >= 15 is 0 Å². The molecule has 2 aromatic rings. The Morgan fingerprint density at radius 2 is 2.21 bits per heavy atom. The number of nitrogens with zero attached hydrogens (tertiary/aromatic N) is 2. The van der Waals surface area contributed by atoms with Crippen molar-refractivity contribution in [1.29, 1.82) is 0 Å². The van der Waals surface area contributed by atoms with Crippen LogP contribution in [0.2, 0.25) is 0 Å². The van der Waals surface area contributed by atoms with E-state index in [2.05, 4.69) is 15.6 Å². The van der Waals surface area contributed by atoms with Crippen molar-refractivity contribution in [3.8, 4) is 0 Å². The molecule has 19 heavy (non-hydrogen) atoms. The molecule has 2 heterocycles. The van der Waals surface area contributed by atoms with Crippen LogP contribution in [0, 0.1) is 6.92 Å². The molecule has 0 spiro atoms. The summed E-state index contributed by atoms with van der Waals surface area (Å²) in [4.78, 5) is 27.3. The third-order valence-corrected chi connectivity index (χ3v) is 2.73. The molecule has 0 unspecified atom stereocenters. The number of aromatic nitrogens is 2. The normalized spacial score (nSPS) is 10.6. The maximum Gasteiger partial charge on any atom is 0.258 e. The van der Waals surface area contributed by atoms with Crippen molar-refractivity contribution in [2.75, 3.05) is 13.6 Å². The van der Waals surface area contributed by atoms with Crippen LogP contribution in [0.1, 0.15) is 11.3 Å². The number of nitrogens with one attached hydrogen (secondary N) is 2. The zero-order valence-corrected chi connectivity index (χ0v) is 10.9. The molecule has 0 aliphatic carbocycles. The van der Waals surface area contributed by atoms with Crippen LogP contribution < -0.4 is 16.2 Å². The van der Waals surface area contributed by atoms with Crippen molar-refractivity contribution >= 4 is 11.6 Å². The largest absolute Gasteiger partial charge is 0.358 e. The third kappa shape index (κ3) is 3.17. The molecule has 0 fully saturated rings. The van der Waals surface area contributed by atoms with Crippen molar-refractivity contribution in [2.24, 2.45) is 0 Å². The number of carbonyl (C=O) groups is 1. The van der Waals surface area contributed by atoms with Crippen molar-refractivity contribution in [3.63, 3.8) is 0 Å². The average Bonchev–Trinajstić information content (AvgIpc) is 2.39. The van der Waals surface area contributed by atoms with Crippen LogP contribution in [0.15, 0.2) is 29.2 Å². The third-order valence-electron chi connectivity index (χ3n) is 2.73. The molecule has 0 saturated heterocycles. The van der Waals surface area contributed by atoms with Crippen molar-refractivity contribution in [3.05, 3.63) is 46.0 Å². The van der Waals surface area contributed by atoms with Crippen LogP contribution in [0.25, 0.3) is 5.65 Å². The zero-order chi connectivity index (χ0) is 13.8. The summed E-state index contributed by atoms with van der Waals surface area (Å²) in [6.45, 7) is 2.50. The minimum absolute atomic E-state index is 0.104. The van der Waals surface area contributed by atoms with Gasteiger partial charge in [0.25, 0.3) is 5.56 Å². The first-order valence-electron chi connectivity index (χ1n) is 6.00. The number of aryl methyl sites for hydroxylation is 1. The number of carbonyl (C=O) groups excluding carboxylic acids is 1. The van der Waals surface area contributed by atoms with Crippen molar-refractivity contribution in [2.45, 2.75) is 13.5 Å².